The Kier molecular flexibility index (Phi) is 7.46. The first-order chi connectivity index (χ1) is 17.6. The topological polar surface area (TPSA) is 127 Å². The SMILES string of the molecule is O=C(O)C(F)(F)F.O=C1NCCc2[nH]c(-c3ccnc(-c4ccc(NC(=O)N5CCCC5)cc4)c3)cc21. The molecule has 3 amide bonds. The van der Waals surface area contributed by atoms with Crippen LogP contribution in [0.1, 0.15) is 28.9 Å². The molecule has 12 heteroatoms. The van der Waals surface area contributed by atoms with E-state index in [0.717, 1.165) is 66.2 Å². The highest BCUT2D eigenvalue weighted by Gasteiger charge is 2.38. The van der Waals surface area contributed by atoms with Crippen LogP contribution in [0.15, 0.2) is 48.7 Å². The molecule has 1 aromatic carbocycles. The normalized spacial score (nSPS) is 14.8. The average molecular weight is 515 g/mol. The van der Waals surface area contributed by atoms with Gasteiger partial charge in [0, 0.05) is 60.5 Å². The van der Waals surface area contributed by atoms with Crippen LogP contribution >= 0.6 is 0 Å². The van der Waals surface area contributed by atoms with E-state index in [1.807, 2.05) is 47.4 Å². The van der Waals surface area contributed by atoms with Crippen molar-refractivity contribution in [3.8, 4) is 22.5 Å². The molecule has 9 nitrogen and oxygen atoms in total. The van der Waals surface area contributed by atoms with Crippen molar-refractivity contribution in [2.75, 3.05) is 25.0 Å². The summed E-state index contributed by atoms with van der Waals surface area (Å²) in [6.45, 7) is 2.31. The van der Waals surface area contributed by atoms with E-state index in [1.165, 1.54) is 0 Å². The second kappa shape index (κ2) is 10.7. The van der Waals surface area contributed by atoms with Crippen LogP contribution in [0.5, 0.6) is 0 Å². The van der Waals surface area contributed by atoms with Gasteiger partial charge in [-0.1, -0.05) is 12.1 Å². The molecule has 0 saturated carbocycles. The number of nitrogens with zero attached hydrogens (tertiary/aromatic N) is 2. The van der Waals surface area contributed by atoms with Gasteiger partial charge in [-0.15, -0.1) is 0 Å². The van der Waals surface area contributed by atoms with Gasteiger partial charge in [0.05, 0.1) is 11.3 Å². The molecule has 4 N–H and O–H groups in total. The van der Waals surface area contributed by atoms with E-state index < -0.39 is 12.1 Å². The summed E-state index contributed by atoms with van der Waals surface area (Å²) in [6, 6.07) is 13.5. The van der Waals surface area contributed by atoms with E-state index in [0.29, 0.717) is 12.1 Å². The Morgan fingerprint density at radius 2 is 1.70 bits per heavy atom. The number of carbonyl (C=O) groups excluding carboxylic acids is 2. The van der Waals surface area contributed by atoms with Gasteiger partial charge < -0.3 is 25.6 Å². The van der Waals surface area contributed by atoms with Gasteiger partial charge in [-0.25, -0.2) is 9.59 Å². The minimum absolute atomic E-state index is 0.0282. The minimum Gasteiger partial charge on any atom is -0.475 e. The number of urea groups is 1. The molecule has 2 aliphatic heterocycles. The van der Waals surface area contributed by atoms with Crippen LogP contribution in [0.3, 0.4) is 0 Å². The summed E-state index contributed by atoms with van der Waals surface area (Å²) in [4.78, 5) is 42.9. The van der Waals surface area contributed by atoms with E-state index in [9.17, 15) is 22.8 Å². The third-order valence-corrected chi connectivity index (χ3v) is 5.94. The number of aliphatic carboxylic acids is 1. The number of nitrogens with one attached hydrogen (secondary N) is 3. The smallest absolute Gasteiger partial charge is 0.475 e. The highest BCUT2D eigenvalue weighted by atomic mass is 19.4. The molecule has 37 heavy (non-hydrogen) atoms. The van der Waals surface area contributed by atoms with Gasteiger partial charge >= 0.3 is 18.2 Å². The van der Waals surface area contributed by atoms with Crippen molar-refractivity contribution in [1.29, 1.82) is 0 Å². The zero-order valence-electron chi connectivity index (χ0n) is 19.6. The van der Waals surface area contributed by atoms with Crippen LogP contribution in [0, 0.1) is 0 Å². The van der Waals surface area contributed by atoms with E-state index in [2.05, 4.69) is 20.6 Å². The Morgan fingerprint density at radius 3 is 2.32 bits per heavy atom. The summed E-state index contributed by atoms with van der Waals surface area (Å²) in [7, 11) is 0. The van der Waals surface area contributed by atoms with Crippen LogP contribution in [-0.4, -0.2) is 63.7 Å². The van der Waals surface area contributed by atoms with Gasteiger partial charge in [-0.3, -0.25) is 9.78 Å². The number of carbonyl (C=O) groups is 3. The number of alkyl halides is 3. The van der Waals surface area contributed by atoms with Crippen LogP contribution in [0.4, 0.5) is 23.7 Å². The fourth-order valence-corrected chi connectivity index (χ4v) is 4.05. The number of H-pyrrole nitrogens is 1. The highest BCUT2D eigenvalue weighted by molar-refractivity contribution is 5.97. The molecular formula is C25H24F3N5O4. The molecule has 2 aromatic heterocycles. The number of rotatable bonds is 3. The number of carboxylic acid groups (broad SMARTS) is 1. The van der Waals surface area contributed by atoms with E-state index in [1.54, 1.807) is 6.20 Å². The zero-order chi connectivity index (χ0) is 26.6. The predicted octanol–water partition coefficient (Wildman–Crippen LogP) is 4.29. The number of likely N-dealkylation sites (tertiary alicyclic amines) is 1. The molecule has 0 aliphatic carbocycles. The lowest BCUT2D eigenvalue weighted by atomic mass is 10.1. The van der Waals surface area contributed by atoms with Gasteiger partial charge in [-0.2, -0.15) is 13.2 Å². The molecule has 0 unspecified atom stereocenters. The number of aromatic amines is 1. The van der Waals surface area contributed by atoms with Crippen molar-refractivity contribution in [3.63, 3.8) is 0 Å². The lowest BCUT2D eigenvalue weighted by molar-refractivity contribution is -0.192. The molecule has 3 aromatic rings. The van der Waals surface area contributed by atoms with Crippen molar-refractivity contribution in [2.45, 2.75) is 25.4 Å². The predicted molar refractivity (Wildman–Crippen MR) is 129 cm³/mol. The Morgan fingerprint density at radius 1 is 1.03 bits per heavy atom. The van der Waals surface area contributed by atoms with Crippen molar-refractivity contribution < 1.29 is 32.7 Å². The van der Waals surface area contributed by atoms with Crippen molar-refractivity contribution >= 4 is 23.6 Å². The number of aromatic nitrogens is 2. The number of anilines is 1. The summed E-state index contributed by atoms with van der Waals surface area (Å²) in [5, 5.41) is 13.0. The molecular weight excluding hydrogens is 491 g/mol. The van der Waals surface area contributed by atoms with E-state index >= 15 is 0 Å². The maximum absolute atomic E-state index is 12.2. The van der Waals surface area contributed by atoms with Crippen LogP contribution < -0.4 is 10.6 Å². The molecule has 1 fully saturated rings. The number of benzene rings is 1. The van der Waals surface area contributed by atoms with E-state index in [4.69, 9.17) is 9.90 Å². The third-order valence-electron chi connectivity index (χ3n) is 5.94. The third kappa shape index (κ3) is 6.26. The van der Waals surface area contributed by atoms with Gasteiger partial charge in [0.1, 0.15) is 0 Å². The lowest BCUT2D eigenvalue weighted by Crippen LogP contribution is -2.32. The highest BCUT2D eigenvalue weighted by Crippen LogP contribution is 2.28. The summed E-state index contributed by atoms with van der Waals surface area (Å²) in [5.41, 5.74) is 6.16. The molecule has 5 rings (SSSR count). The lowest BCUT2D eigenvalue weighted by Gasteiger charge is -2.16. The molecule has 0 bridgehead atoms. The van der Waals surface area contributed by atoms with Crippen LogP contribution in [0.25, 0.3) is 22.5 Å². The molecule has 194 valence electrons. The number of hydrogen-bond donors (Lipinski definition) is 4. The number of amides is 3. The van der Waals surface area contributed by atoms with Crippen LogP contribution in [0.2, 0.25) is 0 Å². The van der Waals surface area contributed by atoms with Gasteiger partial charge in [0.15, 0.2) is 0 Å². The standard InChI is InChI=1S/C23H23N5O2.C2HF3O2/c29-22-18-14-21(27-19(18)8-10-25-22)16-7-9-24-20(13-16)15-3-5-17(6-4-15)26-23(30)28-11-1-2-12-28;3-2(4,5)1(6)7/h3-7,9,13-14,27H,1-2,8,10-12H2,(H,25,29)(H,26,30);(H,6,7). The summed E-state index contributed by atoms with van der Waals surface area (Å²) in [5.74, 6) is -2.79. The fraction of sp³-hybridized carbons (Fsp3) is 0.280. The second-order valence-corrected chi connectivity index (χ2v) is 8.52. The van der Waals surface area contributed by atoms with Crippen molar-refractivity contribution in [2.24, 2.45) is 0 Å². The number of fused-ring (bicyclic) bond motifs is 1. The minimum atomic E-state index is -5.08. The molecule has 0 radical (unpaired) electrons. The maximum Gasteiger partial charge on any atom is 0.490 e. The van der Waals surface area contributed by atoms with Gasteiger partial charge in [-0.05, 0) is 43.2 Å². The molecule has 1 saturated heterocycles. The summed E-state index contributed by atoms with van der Waals surface area (Å²) < 4.78 is 31.7. The van der Waals surface area contributed by atoms with E-state index in [-0.39, 0.29) is 11.9 Å². The quantitative estimate of drug-likeness (QED) is 0.414. The fourth-order valence-electron chi connectivity index (χ4n) is 4.05. The number of carboxylic acids is 1. The molecule has 0 spiro atoms. The zero-order valence-corrected chi connectivity index (χ0v) is 19.6. The average Bonchev–Trinajstić information content (AvgIpc) is 3.56. The largest absolute Gasteiger partial charge is 0.490 e. The van der Waals surface area contributed by atoms with Gasteiger partial charge in [0.25, 0.3) is 5.91 Å². The maximum atomic E-state index is 12.2. The molecule has 4 heterocycles. The number of halogens is 3. The first kappa shape index (κ1) is 25.7. The first-order valence-electron chi connectivity index (χ1n) is 11.5. The Hall–Kier alpha value is -4.35. The van der Waals surface area contributed by atoms with Gasteiger partial charge in [0.2, 0.25) is 0 Å². The Labute approximate surface area is 209 Å². The summed E-state index contributed by atoms with van der Waals surface area (Å²) in [6.07, 6.45) is -0.358. The summed E-state index contributed by atoms with van der Waals surface area (Å²) >= 11 is 0. The Bertz CT molecular complexity index is 1300. The number of pyridine rings is 1. The number of hydrogen-bond acceptors (Lipinski definition) is 4. The van der Waals surface area contributed by atoms with Crippen molar-refractivity contribution in [3.05, 3.63) is 59.9 Å². The second-order valence-electron chi connectivity index (χ2n) is 8.52. The molecule has 2 aliphatic rings. The molecule has 0 atom stereocenters. The first-order valence-corrected chi connectivity index (χ1v) is 11.5. The Balaban J connectivity index is 0.000000405. The van der Waals surface area contributed by atoms with Crippen molar-refractivity contribution in [1.82, 2.24) is 20.2 Å². The van der Waals surface area contributed by atoms with Crippen LogP contribution in [-0.2, 0) is 11.2 Å². The monoisotopic (exact) mass is 515 g/mol.